The van der Waals surface area contributed by atoms with Crippen molar-refractivity contribution in [3.8, 4) is 5.75 Å². The summed E-state index contributed by atoms with van der Waals surface area (Å²) in [6.45, 7) is 6.42. The Morgan fingerprint density at radius 2 is 1.97 bits per heavy atom. The van der Waals surface area contributed by atoms with Gasteiger partial charge in [0, 0.05) is 19.5 Å². The Labute approximate surface area is 184 Å². The first-order valence-corrected chi connectivity index (χ1v) is 11.2. The molecule has 4 amide bonds. The third kappa shape index (κ3) is 5.01. The molecule has 170 valence electrons. The van der Waals surface area contributed by atoms with Gasteiger partial charge in [0.1, 0.15) is 11.3 Å². The quantitative estimate of drug-likeness (QED) is 0.557. The molecule has 2 aliphatic rings. The average molecular weight is 431 g/mol. The van der Waals surface area contributed by atoms with Crippen LogP contribution in [0, 0.1) is 0 Å². The number of ether oxygens (including phenoxy) is 1. The van der Waals surface area contributed by atoms with E-state index in [0.29, 0.717) is 19.4 Å². The minimum absolute atomic E-state index is 0.00697. The summed E-state index contributed by atoms with van der Waals surface area (Å²) in [5, 5.41) is 5.84. The molecule has 1 atom stereocenters. The second kappa shape index (κ2) is 10.1. The monoisotopic (exact) mass is 430 g/mol. The van der Waals surface area contributed by atoms with Gasteiger partial charge in [-0.25, -0.2) is 4.79 Å². The van der Waals surface area contributed by atoms with Crippen molar-refractivity contribution in [2.75, 3.05) is 33.3 Å². The second-order valence-electron chi connectivity index (χ2n) is 8.24. The zero-order valence-corrected chi connectivity index (χ0v) is 18.8. The first-order chi connectivity index (χ1) is 14.9. The second-order valence-corrected chi connectivity index (χ2v) is 8.24. The van der Waals surface area contributed by atoms with Gasteiger partial charge in [-0.2, -0.15) is 0 Å². The van der Waals surface area contributed by atoms with E-state index in [9.17, 15) is 14.4 Å². The van der Waals surface area contributed by atoms with Crippen LogP contribution in [0.4, 0.5) is 4.79 Å². The van der Waals surface area contributed by atoms with Crippen molar-refractivity contribution >= 4 is 17.8 Å². The molecule has 2 N–H and O–H groups in total. The van der Waals surface area contributed by atoms with E-state index in [1.54, 1.807) is 7.11 Å². The molecule has 0 aromatic heterocycles. The summed E-state index contributed by atoms with van der Waals surface area (Å²) in [5.41, 5.74) is 0.342. The smallest absolute Gasteiger partial charge is 0.325 e. The third-order valence-electron chi connectivity index (χ3n) is 6.49. The van der Waals surface area contributed by atoms with Crippen LogP contribution < -0.4 is 15.4 Å². The molecule has 8 nitrogen and oxygen atoms in total. The fourth-order valence-corrected chi connectivity index (χ4v) is 4.68. The highest BCUT2D eigenvalue weighted by Crippen LogP contribution is 2.35. The predicted octanol–water partition coefficient (Wildman–Crippen LogP) is 2.45. The number of benzene rings is 1. The average Bonchev–Trinajstić information content (AvgIpc) is 3.34. The van der Waals surface area contributed by atoms with E-state index < -0.39 is 5.54 Å². The maximum absolute atomic E-state index is 12.7. The number of hydrogen-bond donors (Lipinski definition) is 2. The van der Waals surface area contributed by atoms with Gasteiger partial charge in [-0.05, 0) is 43.6 Å². The van der Waals surface area contributed by atoms with Crippen molar-refractivity contribution in [1.29, 1.82) is 0 Å². The standard InChI is InChI=1S/C23H34N4O4/c1-4-26(5-2)19(17-9-8-10-18(15-17)31-3)16-24-20(28)11-14-27-21(29)23(25-22(27)30)12-6-7-13-23/h8-10,15,19H,4-7,11-14,16H2,1-3H3,(H,24,28)(H,25,30). The number of urea groups is 1. The van der Waals surface area contributed by atoms with E-state index in [1.807, 2.05) is 24.3 Å². The van der Waals surface area contributed by atoms with Crippen molar-refractivity contribution in [1.82, 2.24) is 20.4 Å². The van der Waals surface area contributed by atoms with E-state index in [2.05, 4.69) is 29.4 Å². The van der Waals surface area contributed by atoms with Crippen LogP contribution in [0.1, 0.15) is 57.6 Å². The number of carbonyl (C=O) groups is 3. The zero-order valence-electron chi connectivity index (χ0n) is 18.8. The van der Waals surface area contributed by atoms with Crippen molar-refractivity contribution in [2.24, 2.45) is 0 Å². The number of nitrogens with zero attached hydrogens (tertiary/aromatic N) is 2. The molecule has 1 unspecified atom stereocenters. The lowest BCUT2D eigenvalue weighted by Crippen LogP contribution is -2.44. The van der Waals surface area contributed by atoms with Crippen LogP contribution >= 0.6 is 0 Å². The Balaban J connectivity index is 1.58. The molecule has 1 aliphatic heterocycles. The lowest BCUT2D eigenvalue weighted by molar-refractivity contribution is -0.131. The van der Waals surface area contributed by atoms with Gasteiger partial charge in [-0.15, -0.1) is 0 Å². The molecular weight excluding hydrogens is 396 g/mol. The van der Waals surface area contributed by atoms with Crippen molar-refractivity contribution in [3.05, 3.63) is 29.8 Å². The minimum Gasteiger partial charge on any atom is -0.497 e. The molecular formula is C23H34N4O4. The number of likely N-dealkylation sites (N-methyl/N-ethyl adjacent to an activating group) is 1. The highest BCUT2D eigenvalue weighted by Gasteiger charge is 2.52. The van der Waals surface area contributed by atoms with Gasteiger partial charge < -0.3 is 15.4 Å². The van der Waals surface area contributed by atoms with Gasteiger partial charge in [-0.3, -0.25) is 19.4 Å². The molecule has 1 aromatic rings. The van der Waals surface area contributed by atoms with Gasteiger partial charge in [0.15, 0.2) is 0 Å². The zero-order chi connectivity index (χ0) is 22.4. The van der Waals surface area contributed by atoms with Crippen LogP contribution in [0.15, 0.2) is 24.3 Å². The molecule has 2 fully saturated rings. The lowest BCUT2D eigenvalue weighted by atomic mass is 9.98. The molecule has 8 heteroatoms. The molecule has 1 aliphatic carbocycles. The Kier molecular flexibility index (Phi) is 7.54. The summed E-state index contributed by atoms with van der Waals surface area (Å²) in [7, 11) is 1.64. The minimum atomic E-state index is -0.728. The van der Waals surface area contributed by atoms with Crippen molar-refractivity contribution in [3.63, 3.8) is 0 Å². The SMILES string of the molecule is CCN(CC)C(CNC(=O)CCN1C(=O)NC2(CCCC2)C1=O)c1cccc(OC)c1. The van der Waals surface area contributed by atoms with Crippen LogP contribution in [0.3, 0.4) is 0 Å². The molecule has 1 saturated heterocycles. The topological polar surface area (TPSA) is 91.0 Å². The van der Waals surface area contributed by atoms with Crippen molar-refractivity contribution < 1.29 is 19.1 Å². The fraction of sp³-hybridized carbons (Fsp3) is 0.609. The number of rotatable bonds is 10. The summed E-state index contributed by atoms with van der Waals surface area (Å²) in [6, 6.07) is 7.50. The third-order valence-corrected chi connectivity index (χ3v) is 6.49. The maximum Gasteiger partial charge on any atom is 0.325 e. The summed E-state index contributed by atoms with van der Waals surface area (Å²) in [4.78, 5) is 41.0. The Morgan fingerprint density at radius 1 is 1.26 bits per heavy atom. The Hall–Kier alpha value is -2.61. The first-order valence-electron chi connectivity index (χ1n) is 11.2. The molecule has 1 heterocycles. The highest BCUT2D eigenvalue weighted by atomic mass is 16.5. The number of amides is 4. The lowest BCUT2D eigenvalue weighted by Gasteiger charge is -2.30. The van der Waals surface area contributed by atoms with Gasteiger partial charge >= 0.3 is 6.03 Å². The van der Waals surface area contributed by atoms with E-state index in [0.717, 1.165) is 37.2 Å². The van der Waals surface area contributed by atoms with Crippen LogP contribution in [0.25, 0.3) is 0 Å². The van der Waals surface area contributed by atoms with Crippen LogP contribution in [-0.4, -0.2) is 66.5 Å². The summed E-state index contributed by atoms with van der Waals surface area (Å²) in [5.74, 6) is 0.425. The summed E-state index contributed by atoms with van der Waals surface area (Å²) < 4.78 is 5.35. The molecule has 3 rings (SSSR count). The molecule has 1 aromatic carbocycles. The fourth-order valence-electron chi connectivity index (χ4n) is 4.68. The van der Waals surface area contributed by atoms with E-state index >= 15 is 0 Å². The van der Waals surface area contributed by atoms with Gasteiger partial charge in [-0.1, -0.05) is 38.8 Å². The first kappa shape index (κ1) is 23.1. The number of carbonyl (C=O) groups excluding carboxylic acids is 3. The molecule has 1 saturated carbocycles. The highest BCUT2D eigenvalue weighted by molar-refractivity contribution is 6.07. The predicted molar refractivity (Wildman–Crippen MR) is 118 cm³/mol. The van der Waals surface area contributed by atoms with Crippen LogP contribution in [0.5, 0.6) is 5.75 Å². The van der Waals surface area contributed by atoms with Crippen LogP contribution in [0.2, 0.25) is 0 Å². The Bertz CT molecular complexity index is 803. The normalized spacial score (nSPS) is 18.5. The van der Waals surface area contributed by atoms with Crippen molar-refractivity contribution in [2.45, 2.75) is 57.5 Å². The maximum atomic E-state index is 12.7. The van der Waals surface area contributed by atoms with E-state index in [4.69, 9.17) is 4.74 Å². The largest absolute Gasteiger partial charge is 0.497 e. The Morgan fingerprint density at radius 3 is 2.61 bits per heavy atom. The number of nitrogens with one attached hydrogen (secondary N) is 2. The van der Waals surface area contributed by atoms with E-state index in [1.165, 1.54) is 4.90 Å². The molecule has 0 radical (unpaired) electrons. The number of methoxy groups -OCH3 is 1. The molecule has 1 spiro atoms. The number of hydrogen-bond acceptors (Lipinski definition) is 5. The summed E-state index contributed by atoms with van der Waals surface area (Å²) >= 11 is 0. The summed E-state index contributed by atoms with van der Waals surface area (Å²) in [6.07, 6.45) is 3.35. The molecule has 0 bridgehead atoms. The van der Waals surface area contributed by atoms with Gasteiger partial charge in [0.05, 0.1) is 13.2 Å². The van der Waals surface area contributed by atoms with Crippen LogP contribution in [-0.2, 0) is 9.59 Å². The van der Waals surface area contributed by atoms with Gasteiger partial charge in [0.2, 0.25) is 5.91 Å². The molecule has 31 heavy (non-hydrogen) atoms. The number of imide groups is 1. The van der Waals surface area contributed by atoms with E-state index in [-0.39, 0.29) is 36.9 Å². The van der Waals surface area contributed by atoms with Gasteiger partial charge in [0.25, 0.3) is 5.91 Å².